The van der Waals surface area contributed by atoms with Gasteiger partial charge in [-0.15, -0.1) is 5.10 Å². The van der Waals surface area contributed by atoms with Crippen LogP contribution in [0.1, 0.15) is 33.2 Å². The maximum atomic E-state index is 12.8. The minimum absolute atomic E-state index is 0.0252. The van der Waals surface area contributed by atoms with Crippen LogP contribution in [0.25, 0.3) is 0 Å². The van der Waals surface area contributed by atoms with E-state index in [0.29, 0.717) is 5.69 Å². The molecule has 0 fully saturated rings. The highest BCUT2D eigenvalue weighted by Crippen LogP contribution is 2.31. The highest BCUT2D eigenvalue weighted by atomic mass is 16.4. The van der Waals surface area contributed by atoms with Crippen molar-refractivity contribution in [1.29, 1.82) is 0 Å². The largest absolute Gasteiger partial charge is 0.477 e. The van der Waals surface area contributed by atoms with Gasteiger partial charge in [-0.3, -0.25) is 4.79 Å². The van der Waals surface area contributed by atoms with Crippen LogP contribution in [0.15, 0.2) is 60.3 Å². The molecular weight excluding hydrogens is 370 g/mol. The lowest BCUT2D eigenvalue weighted by molar-refractivity contribution is -0.132. The van der Waals surface area contributed by atoms with Crippen molar-refractivity contribution < 1.29 is 14.7 Å². The first kappa shape index (κ1) is 18.4. The van der Waals surface area contributed by atoms with Crippen LogP contribution in [0, 0.1) is 13.8 Å². The van der Waals surface area contributed by atoms with Crippen molar-refractivity contribution in [2.45, 2.75) is 19.9 Å². The standard InChI is InChI=1S/C21H19N5O3/c1-12-7-9-14(10-8-12)17-11-16(21(28)29)22-19-18(24-25-26(17)19)20(27)23-15-6-4-3-5-13(15)2/h3-11,17,22H,1-2H3,(H,23,27)(H,28,29)/t17-/m0/s1. The fraction of sp³-hybridized carbons (Fsp3) is 0.143. The van der Waals surface area contributed by atoms with Gasteiger partial charge in [0.2, 0.25) is 0 Å². The number of aliphatic carboxylic acids is 1. The Kier molecular flexibility index (Phi) is 4.59. The summed E-state index contributed by atoms with van der Waals surface area (Å²) in [7, 11) is 0. The van der Waals surface area contributed by atoms with E-state index in [1.807, 2.05) is 56.3 Å². The van der Waals surface area contributed by atoms with Gasteiger partial charge in [0.15, 0.2) is 11.5 Å². The number of fused-ring (bicyclic) bond motifs is 1. The lowest BCUT2D eigenvalue weighted by Crippen LogP contribution is -2.25. The number of amides is 1. The SMILES string of the molecule is Cc1ccc([C@@H]2C=C(C(=O)O)Nc3c(C(=O)Nc4ccccc4C)nnn32)cc1. The summed E-state index contributed by atoms with van der Waals surface area (Å²) in [4.78, 5) is 24.5. The van der Waals surface area contributed by atoms with Gasteiger partial charge in [-0.1, -0.05) is 53.2 Å². The smallest absolute Gasteiger partial charge is 0.352 e. The Labute approximate surface area is 166 Å². The molecule has 1 aromatic heterocycles. The summed E-state index contributed by atoms with van der Waals surface area (Å²) in [6.45, 7) is 3.85. The molecular formula is C21H19N5O3. The molecule has 3 aromatic rings. The molecule has 29 heavy (non-hydrogen) atoms. The van der Waals surface area contributed by atoms with Gasteiger partial charge >= 0.3 is 5.97 Å². The van der Waals surface area contributed by atoms with E-state index < -0.39 is 17.9 Å². The Morgan fingerprint density at radius 1 is 1.10 bits per heavy atom. The number of nitrogens with zero attached hydrogens (tertiary/aromatic N) is 3. The summed E-state index contributed by atoms with van der Waals surface area (Å²) in [5.41, 5.74) is 3.47. The number of hydrogen-bond acceptors (Lipinski definition) is 5. The molecule has 0 aliphatic carbocycles. The lowest BCUT2D eigenvalue weighted by Gasteiger charge is -2.23. The second-order valence-electron chi connectivity index (χ2n) is 6.87. The minimum Gasteiger partial charge on any atom is -0.477 e. The van der Waals surface area contributed by atoms with Gasteiger partial charge < -0.3 is 15.7 Å². The van der Waals surface area contributed by atoms with Gasteiger partial charge in [0.1, 0.15) is 11.7 Å². The van der Waals surface area contributed by atoms with E-state index in [9.17, 15) is 14.7 Å². The van der Waals surface area contributed by atoms with Crippen molar-refractivity contribution in [3.8, 4) is 0 Å². The monoisotopic (exact) mass is 389 g/mol. The zero-order valence-corrected chi connectivity index (χ0v) is 15.9. The number of para-hydroxylation sites is 1. The molecule has 4 rings (SSSR count). The molecule has 1 atom stereocenters. The third-order valence-electron chi connectivity index (χ3n) is 4.79. The van der Waals surface area contributed by atoms with Crippen LogP contribution >= 0.6 is 0 Å². The summed E-state index contributed by atoms with van der Waals surface area (Å²) in [6, 6.07) is 14.6. The molecule has 0 saturated heterocycles. The highest BCUT2D eigenvalue weighted by molar-refractivity contribution is 6.07. The Bertz CT molecular complexity index is 1130. The predicted molar refractivity (Wildman–Crippen MR) is 108 cm³/mol. The van der Waals surface area contributed by atoms with Gasteiger partial charge in [-0.25, -0.2) is 9.48 Å². The van der Waals surface area contributed by atoms with Crippen molar-refractivity contribution in [1.82, 2.24) is 15.0 Å². The average Bonchev–Trinajstić information content (AvgIpc) is 3.14. The molecule has 146 valence electrons. The van der Waals surface area contributed by atoms with Crippen LogP contribution in [0.2, 0.25) is 0 Å². The summed E-state index contributed by atoms with van der Waals surface area (Å²) < 4.78 is 1.52. The van der Waals surface area contributed by atoms with Gasteiger partial charge in [0, 0.05) is 5.69 Å². The molecule has 0 unspecified atom stereocenters. The second kappa shape index (κ2) is 7.23. The number of rotatable bonds is 4. The number of aryl methyl sites for hydroxylation is 2. The van der Waals surface area contributed by atoms with Crippen molar-refractivity contribution in [3.05, 3.63) is 82.7 Å². The number of carbonyl (C=O) groups is 2. The van der Waals surface area contributed by atoms with E-state index in [0.717, 1.165) is 16.7 Å². The van der Waals surface area contributed by atoms with E-state index in [2.05, 4.69) is 20.9 Å². The Morgan fingerprint density at radius 3 is 2.52 bits per heavy atom. The maximum absolute atomic E-state index is 12.8. The Morgan fingerprint density at radius 2 is 1.83 bits per heavy atom. The third-order valence-corrected chi connectivity index (χ3v) is 4.79. The second-order valence-corrected chi connectivity index (χ2v) is 6.87. The Balaban J connectivity index is 1.73. The van der Waals surface area contributed by atoms with Crippen LogP contribution in [-0.4, -0.2) is 32.0 Å². The zero-order valence-electron chi connectivity index (χ0n) is 15.9. The van der Waals surface area contributed by atoms with Crippen LogP contribution in [0.5, 0.6) is 0 Å². The molecule has 2 heterocycles. The molecule has 0 spiro atoms. The predicted octanol–water partition coefficient (Wildman–Crippen LogP) is 3.13. The van der Waals surface area contributed by atoms with E-state index >= 15 is 0 Å². The van der Waals surface area contributed by atoms with Crippen LogP contribution in [0.3, 0.4) is 0 Å². The topological polar surface area (TPSA) is 109 Å². The molecule has 0 radical (unpaired) electrons. The van der Waals surface area contributed by atoms with Crippen molar-refractivity contribution >= 4 is 23.4 Å². The third kappa shape index (κ3) is 3.47. The highest BCUT2D eigenvalue weighted by Gasteiger charge is 2.30. The Hall–Kier alpha value is -3.94. The number of allylic oxidation sites excluding steroid dienone is 1. The number of aromatic nitrogens is 3. The summed E-state index contributed by atoms with van der Waals surface area (Å²) in [5.74, 6) is -1.36. The van der Waals surface area contributed by atoms with Crippen molar-refractivity contribution in [3.63, 3.8) is 0 Å². The van der Waals surface area contributed by atoms with E-state index in [1.54, 1.807) is 12.1 Å². The maximum Gasteiger partial charge on any atom is 0.352 e. The molecule has 2 aromatic carbocycles. The van der Waals surface area contributed by atoms with Gasteiger partial charge in [-0.05, 0) is 37.1 Å². The number of carboxylic acids is 1. The van der Waals surface area contributed by atoms with Crippen LogP contribution in [0.4, 0.5) is 11.5 Å². The quantitative estimate of drug-likeness (QED) is 0.633. The molecule has 3 N–H and O–H groups in total. The number of carbonyl (C=O) groups excluding carboxylic acids is 1. The molecule has 1 aliphatic heterocycles. The molecule has 1 aliphatic rings. The minimum atomic E-state index is -1.13. The number of nitrogens with one attached hydrogen (secondary N) is 2. The van der Waals surface area contributed by atoms with Crippen LogP contribution in [-0.2, 0) is 4.79 Å². The number of hydrogen-bond donors (Lipinski definition) is 3. The zero-order chi connectivity index (χ0) is 20.5. The number of benzene rings is 2. The summed E-state index contributed by atoms with van der Waals surface area (Å²) in [6.07, 6.45) is 1.55. The first-order valence-electron chi connectivity index (χ1n) is 9.05. The fourth-order valence-corrected chi connectivity index (χ4v) is 3.18. The van der Waals surface area contributed by atoms with Crippen molar-refractivity contribution in [2.24, 2.45) is 0 Å². The van der Waals surface area contributed by atoms with E-state index in [-0.39, 0.29) is 17.2 Å². The first-order valence-corrected chi connectivity index (χ1v) is 9.05. The lowest BCUT2D eigenvalue weighted by atomic mass is 10.0. The fourth-order valence-electron chi connectivity index (χ4n) is 3.18. The first-order chi connectivity index (χ1) is 13.9. The van der Waals surface area contributed by atoms with Gasteiger partial charge in [0.25, 0.3) is 5.91 Å². The van der Waals surface area contributed by atoms with Crippen molar-refractivity contribution in [2.75, 3.05) is 10.6 Å². The molecule has 0 bridgehead atoms. The summed E-state index contributed by atoms with van der Waals surface area (Å²) in [5, 5.41) is 23.3. The molecule has 8 heteroatoms. The molecule has 0 saturated carbocycles. The number of carboxylic acid groups (broad SMARTS) is 1. The molecule has 8 nitrogen and oxygen atoms in total. The average molecular weight is 389 g/mol. The van der Waals surface area contributed by atoms with E-state index in [1.165, 1.54) is 4.68 Å². The van der Waals surface area contributed by atoms with E-state index in [4.69, 9.17) is 0 Å². The molecule has 1 amide bonds. The van der Waals surface area contributed by atoms with Gasteiger partial charge in [0.05, 0.1) is 0 Å². The normalized spacial score (nSPS) is 15.1. The van der Waals surface area contributed by atoms with Gasteiger partial charge in [-0.2, -0.15) is 0 Å². The van der Waals surface area contributed by atoms with Crippen LogP contribution < -0.4 is 10.6 Å². The number of anilines is 2. The summed E-state index contributed by atoms with van der Waals surface area (Å²) >= 11 is 0.